The minimum absolute atomic E-state index is 0.250. The first kappa shape index (κ1) is 18.7. The highest BCUT2D eigenvalue weighted by Crippen LogP contribution is 2.28. The predicted octanol–water partition coefficient (Wildman–Crippen LogP) is 3.15. The smallest absolute Gasteiger partial charge is 0.222 e. The van der Waals surface area contributed by atoms with Gasteiger partial charge in [0, 0.05) is 56.6 Å². The zero-order chi connectivity index (χ0) is 18.8. The van der Waals surface area contributed by atoms with Crippen LogP contribution in [0.2, 0.25) is 0 Å². The average Bonchev–Trinajstić information content (AvgIpc) is 3.19. The Kier molecular flexibility index (Phi) is 5.49. The minimum atomic E-state index is 0.250. The van der Waals surface area contributed by atoms with Crippen molar-refractivity contribution < 1.29 is 4.79 Å². The molecule has 1 amide bonds. The average molecular weight is 358 g/mol. The fourth-order valence-corrected chi connectivity index (χ4v) is 4.06. The molecule has 6 heteroatoms. The van der Waals surface area contributed by atoms with Crippen LogP contribution in [0.3, 0.4) is 0 Å². The van der Waals surface area contributed by atoms with E-state index in [1.54, 1.807) is 0 Å². The van der Waals surface area contributed by atoms with Crippen LogP contribution in [0.25, 0.3) is 0 Å². The summed E-state index contributed by atoms with van der Waals surface area (Å²) in [5, 5.41) is 4.45. The van der Waals surface area contributed by atoms with Crippen molar-refractivity contribution in [3.05, 3.63) is 35.2 Å². The highest BCUT2D eigenvalue weighted by Gasteiger charge is 2.28. The molecule has 0 N–H and O–H groups in total. The summed E-state index contributed by atoms with van der Waals surface area (Å²) < 4.78 is 4.14. The zero-order valence-electron chi connectivity index (χ0n) is 16.7. The molecule has 0 bridgehead atoms. The van der Waals surface area contributed by atoms with Gasteiger partial charge in [-0.3, -0.25) is 9.48 Å². The maximum Gasteiger partial charge on any atom is 0.222 e. The predicted molar refractivity (Wildman–Crippen MR) is 102 cm³/mol. The van der Waals surface area contributed by atoms with Gasteiger partial charge in [0.25, 0.3) is 0 Å². The Morgan fingerprint density at radius 3 is 2.77 bits per heavy atom. The van der Waals surface area contributed by atoms with E-state index in [0.717, 1.165) is 49.6 Å². The molecule has 0 aromatic carbocycles. The number of amides is 1. The molecular weight excluding hydrogens is 326 g/mol. The fourth-order valence-electron chi connectivity index (χ4n) is 4.06. The van der Waals surface area contributed by atoms with Gasteiger partial charge in [-0.25, -0.2) is 4.98 Å². The Bertz CT molecular complexity index is 773. The number of aryl methyl sites for hydroxylation is 2. The molecule has 1 aliphatic rings. The summed E-state index contributed by atoms with van der Waals surface area (Å²) in [5.74, 6) is 1.71. The van der Waals surface area contributed by atoms with E-state index in [-0.39, 0.29) is 5.91 Å². The maximum atomic E-state index is 12.8. The summed E-state index contributed by atoms with van der Waals surface area (Å²) in [4.78, 5) is 19.4. The number of aromatic nitrogens is 4. The topological polar surface area (TPSA) is 56.0 Å². The van der Waals surface area contributed by atoms with Crippen molar-refractivity contribution in [2.45, 2.75) is 65.3 Å². The van der Waals surface area contributed by atoms with E-state index in [1.165, 1.54) is 5.56 Å². The summed E-state index contributed by atoms with van der Waals surface area (Å²) in [6.07, 6.45) is 7.41. The van der Waals surface area contributed by atoms with E-state index >= 15 is 0 Å². The molecule has 0 radical (unpaired) electrons. The second-order valence-corrected chi connectivity index (χ2v) is 7.74. The number of carbonyl (C=O) groups is 1. The van der Waals surface area contributed by atoms with Crippen molar-refractivity contribution in [2.24, 2.45) is 7.05 Å². The number of hydrogen-bond donors (Lipinski definition) is 0. The number of nitrogens with zero attached hydrogens (tertiary/aromatic N) is 5. The lowest BCUT2D eigenvalue weighted by molar-refractivity contribution is -0.132. The first-order valence-electron chi connectivity index (χ1n) is 9.68. The van der Waals surface area contributed by atoms with Gasteiger partial charge in [0.1, 0.15) is 5.82 Å². The molecule has 3 rings (SSSR count). The van der Waals surface area contributed by atoms with Crippen LogP contribution in [0, 0.1) is 13.8 Å². The molecule has 142 valence electrons. The first-order valence-corrected chi connectivity index (χ1v) is 9.68. The van der Waals surface area contributed by atoms with Crippen LogP contribution in [0.5, 0.6) is 0 Å². The Morgan fingerprint density at radius 2 is 2.12 bits per heavy atom. The molecular formula is C20H31N5O. The van der Waals surface area contributed by atoms with Crippen LogP contribution in [0.4, 0.5) is 0 Å². The van der Waals surface area contributed by atoms with Gasteiger partial charge in [0.05, 0.1) is 5.69 Å². The van der Waals surface area contributed by atoms with Gasteiger partial charge < -0.3 is 9.47 Å². The van der Waals surface area contributed by atoms with Crippen molar-refractivity contribution in [2.75, 3.05) is 13.1 Å². The third-order valence-corrected chi connectivity index (χ3v) is 5.64. The monoisotopic (exact) mass is 357 g/mol. The number of piperidine rings is 1. The van der Waals surface area contributed by atoms with E-state index in [9.17, 15) is 4.79 Å². The Labute approximate surface area is 156 Å². The lowest BCUT2D eigenvalue weighted by Crippen LogP contribution is -2.40. The van der Waals surface area contributed by atoms with Crippen LogP contribution in [-0.4, -0.2) is 43.2 Å². The lowest BCUT2D eigenvalue weighted by atomic mass is 9.96. The SMILES string of the molecule is Cc1nn(C)c(C)c1CCC(=O)N1CCCC(c2nccn2C(C)C)C1. The fraction of sp³-hybridized carbons (Fsp3) is 0.650. The third-order valence-electron chi connectivity index (χ3n) is 5.64. The first-order chi connectivity index (χ1) is 12.4. The molecule has 2 aromatic heterocycles. The molecule has 1 atom stereocenters. The van der Waals surface area contributed by atoms with Crippen LogP contribution in [0.1, 0.15) is 67.8 Å². The van der Waals surface area contributed by atoms with E-state index in [0.29, 0.717) is 18.4 Å². The number of imidazole rings is 1. The highest BCUT2D eigenvalue weighted by atomic mass is 16.2. The Balaban J connectivity index is 1.64. The van der Waals surface area contributed by atoms with Gasteiger partial charge in [0.2, 0.25) is 5.91 Å². The zero-order valence-corrected chi connectivity index (χ0v) is 16.7. The van der Waals surface area contributed by atoms with Crippen LogP contribution >= 0.6 is 0 Å². The molecule has 0 spiro atoms. The van der Waals surface area contributed by atoms with E-state index in [4.69, 9.17) is 0 Å². The third kappa shape index (κ3) is 3.69. The molecule has 6 nitrogen and oxygen atoms in total. The van der Waals surface area contributed by atoms with Crippen molar-refractivity contribution >= 4 is 5.91 Å². The molecule has 0 aliphatic carbocycles. The number of carbonyl (C=O) groups excluding carboxylic acids is 1. The van der Waals surface area contributed by atoms with E-state index in [1.807, 2.05) is 29.7 Å². The van der Waals surface area contributed by atoms with Crippen molar-refractivity contribution in [1.82, 2.24) is 24.2 Å². The summed E-state index contributed by atoms with van der Waals surface area (Å²) in [6, 6.07) is 0.398. The van der Waals surface area contributed by atoms with E-state index < -0.39 is 0 Å². The second-order valence-electron chi connectivity index (χ2n) is 7.74. The van der Waals surface area contributed by atoms with Gasteiger partial charge in [-0.15, -0.1) is 0 Å². The largest absolute Gasteiger partial charge is 0.342 e. The van der Waals surface area contributed by atoms with Gasteiger partial charge in [-0.05, 0) is 52.5 Å². The molecule has 2 aromatic rings. The molecule has 1 unspecified atom stereocenters. The number of hydrogen-bond acceptors (Lipinski definition) is 3. The Morgan fingerprint density at radius 1 is 1.35 bits per heavy atom. The summed E-state index contributed by atoms with van der Waals surface area (Å²) in [5.41, 5.74) is 3.41. The molecule has 26 heavy (non-hydrogen) atoms. The van der Waals surface area contributed by atoms with Crippen LogP contribution < -0.4 is 0 Å². The summed E-state index contributed by atoms with van der Waals surface area (Å²) >= 11 is 0. The number of likely N-dealkylation sites (tertiary alicyclic amines) is 1. The van der Waals surface area contributed by atoms with Crippen molar-refractivity contribution in [1.29, 1.82) is 0 Å². The molecule has 1 saturated heterocycles. The number of rotatable bonds is 5. The molecule has 0 saturated carbocycles. The maximum absolute atomic E-state index is 12.8. The quantitative estimate of drug-likeness (QED) is 0.826. The van der Waals surface area contributed by atoms with Crippen LogP contribution in [-0.2, 0) is 18.3 Å². The summed E-state index contributed by atoms with van der Waals surface area (Å²) in [6.45, 7) is 10.1. The van der Waals surface area contributed by atoms with E-state index in [2.05, 4.69) is 41.6 Å². The van der Waals surface area contributed by atoms with Gasteiger partial charge in [0.15, 0.2) is 0 Å². The Hall–Kier alpha value is -2.11. The second kappa shape index (κ2) is 7.64. The van der Waals surface area contributed by atoms with Crippen LogP contribution in [0.15, 0.2) is 12.4 Å². The lowest BCUT2D eigenvalue weighted by Gasteiger charge is -2.33. The highest BCUT2D eigenvalue weighted by molar-refractivity contribution is 5.76. The molecule has 1 aliphatic heterocycles. The van der Waals surface area contributed by atoms with Gasteiger partial charge in [-0.2, -0.15) is 5.10 Å². The minimum Gasteiger partial charge on any atom is -0.342 e. The van der Waals surface area contributed by atoms with Gasteiger partial charge >= 0.3 is 0 Å². The summed E-state index contributed by atoms with van der Waals surface area (Å²) in [7, 11) is 1.96. The normalized spacial score (nSPS) is 17.9. The standard InChI is InChI=1S/C20H31N5O/c1-14(2)25-12-10-21-20(25)17-7-6-11-24(13-17)19(26)9-8-18-15(3)22-23(5)16(18)4/h10,12,14,17H,6-9,11,13H2,1-5H3. The molecule has 1 fully saturated rings. The van der Waals surface area contributed by atoms with Gasteiger partial charge in [-0.1, -0.05) is 0 Å². The van der Waals surface area contributed by atoms with Crippen molar-refractivity contribution in [3.63, 3.8) is 0 Å². The van der Waals surface area contributed by atoms with Crippen molar-refractivity contribution in [3.8, 4) is 0 Å². The molecule has 3 heterocycles.